The lowest BCUT2D eigenvalue weighted by Gasteiger charge is -2.44. The lowest BCUT2D eigenvalue weighted by atomic mass is 9.80. The quantitative estimate of drug-likeness (QED) is 0.503. The number of hydrogen-bond donors (Lipinski definition) is 3. The first kappa shape index (κ1) is 26.3. The molecule has 6 nitrogen and oxygen atoms in total. The van der Waals surface area contributed by atoms with Gasteiger partial charge in [0, 0.05) is 18.0 Å². The van der Waals surface area contributed by atoms with E-state index in [0.717, 1.165) is 12.8 Å². The number of amides is 2. The molecule has 1 aromatic rings. The van der Waals surface area contributed by atoms with Gasteiger partial charge < -0.3 is 21.1 Å². The highest BCUT2D eigenvalue weighted by molar-refractivity contribution is 5.92. The zero-order chi connectivity index (χ0) is 25.5. The van der Waals surface area contributed by atoms with E-state index in [-0.39, 0.29) is 43.0 Å². The van der Waals surface area contributed by atoms with Crippen LogP contribution in [0.1, 0.15) is 62.3 Å². The van der Waals surface area contributed by atoms with Gasteiger partial charge in [-0.2, -0.15) is 26.3 Å². The van der Waals surface area contributed by atoms with Gasteiger partial charge in [-0.15, -0.1) is 0 Å². The van der Waals surface area contributed by atoms with E-state index >= 15 is 0 Å². The second-order valence-electron chi connectivity index (χ2n) is 9.42. The molecule has 3 atom stereocenters. The van der Waals surface area contributed by atoms with Crippen molar-refractivity contribution < 1.29 is 40.7 Å². The minimum Gasteiger partial charge on any atom is -0.372 e. The Kier molecular flexibility index (Phi) is 6.97. The zero-order valence-corrected chi connectivity index (χ0v) is 18.7. The number of benzene rings is 1. The maximum atomic E-state index is 13.1. The Morgan fingerprint density at radius 3 is 2.09 bits per heavy atom. The minimum absolute atomic E-state index is 0.0246. The fraction of sp³-hybridized carbons (Fsp3) is 0.636. The number of primary amides is 1. The van der Waals surface area contributed by atoms with Crippen LogP contribution in [-0.2, 0) is 26.7 Å². The number of carbonyl (C=O) groups excluding carboxylic acids is 2. The van der Waals surface area contributed by atoms with Gasteiger partial charge in [0.1, 0.15) is 5.54 Å². The smallest absolute Gasteiger partial charge is 0.372 e. The molecule has 190 valence electrons. The van der Waals surface area contributed by atoms with Gasteiger partial charge in [0.05, 0.1) is 23.8 Å². The monoisotopic (exact) mass is 495 g/mol. The number of nitrogens with two attached hydrogens (primary N) is 1. The molecular formula is C22H27F6N3O3. The molecule has 1 aromatic carbocycles. The molecule has 3 rings (SSSR count). The molecule has 1 aliphatic heterocycles. The van der Waals surface area contributed by atoms with Crippen LogP contribution in [0.2, 0.25) is 0 Å². The van der Waals surface area contributed by atoms with E-state index in [0.29, 0.717) is 18.6 Å². The Labute approximate surface area is 192 Å². The highest BCUT2D eigenvalue weighted by Gasteiger charge is 2.47. The molecule has 4 N–H and O–H groups in total. The summed E-state index contributed by atoms with van der Waals surface area (Å²) in [4.78, 5) is 24.3. The van der Waals surface area contributed by atoms with Gasteiger partial charge in [-0.05, 0) is 63.3 Å². The molecule has 1 aliphatic carbocycles. The van der Waals surface area contributed by atoms with Crippen LogP contribution < -0.4 is 16.4 Å². The van der Waals surface area contributed by atoms with Crippen molar-refractivity contribution in [2.24, 2.45) is 11.7 Å². The summed E-state index contributed by atoms with van der Waals surface area (Å²) >= 11 is 0. The molecule has 2 fully saturated rings. The summed E-state index contributed by atoms with van der Waals surface area (Å²) in [5, 5.41) is 5.84. The van der Waals surface area contributed by atoms with Gasteiger partial charge >= 0.3 is 12.4 Å². The van der Waals surface area contributed by atoms with Crippen LogP contribution in [0.4, 0.5) is 26.3 Å². The van der Waals surface area contributed by atoms with Gasteiger partial charge in [0.2, 0.25) is 11.8 Å². The molecule has 1 heterocycles. The Bertz CT molecular complexity index is 903. The normalized spacial score (nSPS) is 26.7. The van der Waals surface area contributed by atoms with E-state index in [2.05, 4.69) is 10.6 Å². The van der Waals surface area contributed by atoms with Gasteiger partial charge in [-0.1, -0.05) is 0 Å². The third-order valence-electron chi connectivity index (χ3n) is 6.43. The average molecular weight is 495 g/mol. The summed E-state index contributed by atoms with van der Waals surface area (Å²) in [5.41, 5.74) is 0.454. The van der Waals surface area contributed by atoms with Gasteiger partial charge in [0.25, 0.3) is 0 Å². The minimum atomic E-state index is -4.95. The Balaban J connectivity index is 1.68. The van der Waals surface area contributed by atoms with E-state index in [1.165, 1.54) is 6.92 Å². The summed E-state index contributed by atoms with van der Waals surface area (Å²) in [6, 6.07) is 1.35. The van der Waals surface area contributed by atoms with Crippen LogP contribution in [0.25, 0.3) is 0 Å². The van der Waals surface area contributed by atoms with Crippen LogP contribution in [0, 0.1) is 5.92 Å². The Morgan fingerprint density at radius 1 is 1.12 bits per heavy atom. The van der Waals surface area contributed by atoms with Crippen molar-refractivity contribution in [3.05, 3.63) is 34.9 Å². The number of halogens is 6. The van der Waals surface area contributed by atoms with Crippen LogP contribution in [0.5, 0.6) is 0 Å². The number of hydrogen-bond acceptors (Lipinski definition) is 4. The number of piperidine rings is 1. The van der Waals surface area contributed by atoms with Crippen LogP contribution in [-0.4, -0.2) is 36.0 Å². The molecule has 1 saturated carbocycles. The SMILES string of the molecule is C[C@@H](OC[C@@]1(C)CC[C@@](NC(=O)C2CC2)(C(N)=O)CN1)c1cc(C(F)(F)F)cc(C(F)(F)F)c1. The summed E-state index contributed by atoms with van der Waals surface area (Å²) in [7, 11) is 0. The van der Waals surface area contributed by atoms with Gasteiger partial charge in [-0.25, -0.2) is 0 Å². The molecule has 34 heavy (non-hydrogen) atoms. The third kappa shape index (κ3) is 6.01. The average Bonchev–Trinajstić information content (AvgIpc) is 3.58. The molecule has 2 amide bonds. The fourth-order valence-electron chi connectivity index (χ4n) is 3.83. The summed E-state index contributed by atoms with van der Waals surface area (Å²) in [6.07, 6.45) is -8.93. The number of alkyl halides is 6. The highest BCUT2D eigenvalue weighted by Crippen LogP contribution is 2.38. The number of nitrogens with one attached hydrogen (secondary N) is 2. The molecule has 0 spiro atoms. The fourth-order valence-corrected chi connectivity index (χ4v) is 3.83. The van der Waals surface area contributed by atoms with E-state index in [1.54, 1.807) is 6.92 Å². The predicted octanol–water partition coefficient (Wildman–Crippen LogP) is 3.69. The number of rotatable bonds is 7. The molecular weight excluding hydrogens is 468 g/mol. The predicted molar refractivity (Wildman–Crippen MR) is 109 cm³/mol. The maximum Gasteiger partial charge on any atom is 0.416 e. The number of carbonyl (C=O) groups is 2. The van der Waals surface area contributed by atoms with Crippen LogP contribution in [0.15, 0.2) is 18.2 Å². The van der Waals surface area contributed by atoms with Crippen LogP contribution >= 0.6 is 0 Å². The molecule has 0 bridgehead atoms. The highest BCUT2D eigenvalue weighted by atomic mass is 19.4. The van der Waals surface area contributed by atoms with Crippen molar-refractivity contribution in [2.45, 2.75) is 69.1 Å². The van der Waals surface area contributed by atoms with E-state index < -0.39 is 46.6 Å². The molecule has 0 unspecified atom stereocenters. The maximum absolute atomic E-state index is 13.1. The van der Waals surface area contributed by atoms with Crippen molar-refractivity contribution in [3.8, 4) is 0 Å². The van der Waals surface area contributed by atoms with Crippen molar-refractivity contribution in [2.75, 3.05) is 13.2 Å². The standard InChI is InChI=1S/C22H27F6N3O3/c1-12(14-7-15(21(23,24)25)9-16(8-14)22(26,27)28)34-11-19(2)5-6-20(10-30-19,18(29)33)31-17(32)13-3-4-13/h7-9,12-13,30H,3-6,10-11H2,1-2H3,(H2,29,33)(H,31,32)/t12-,19-,20+/m1/s1. The summed E-state index contributed by atoms with van der Waals surface area (Å²) in [5.74, 6) is -1.05. The summed E-state index contributed by atoms with van der Waals surface area (Å²) in [6.45, 7) is 3.08. The first-order valence-corrected chi connectivity index (χ1v) is 10.8. The Hall–Kier alpha value is -2.34. The van der Waals surface area contributed by atoms with E-state index in [4.69, 9.17) is 10.5 Å². The van der Waals surface area contributed by atoms with Crippen molar-refractivity contribution in [1.29, 1.82) is 0 Å². The molecule has 12 heteroatoms. The molecule has 0 radical (unpaired) electrons. The van der Waals surface area contributed by atoms with Crippen molar-refractivity contribution in [3.63, 3.8) is 0 Å². The molecule has 2 aliphatic rings. The number of ether oxygens (including phenoxy) is 1. The first-order valence-electron chi connectivity index (χ1n) is 10.8. The van der Waals surface area contributed by atoms with Gasteiger partial charge in [0.15, 0.2) is 0 Å². The summed E-state index contributed by atoms with van der Waals surface area (Å²) < 4.78 is 84.5. The molecule has 0 aromatic heterocycles. The topological polar surface area (TPSA) is 93.4 Å². The second-order valence-corrected chi connectivity index (χ2v) is 9.42. The molecule has 1 saturated heterocycles. The van der Waals surface area contributed by atoms with Crippen LogP contribution in [0.3, 0.4) is 0 Å². The second kappa shape index (κ2) is 9.03. The lowest BCUT2D eigenvalue weighted by molar-refractivity contribution is -0.143. The third-order valence-corrected chi connectivity index (χ3v) is 6.43. The van der Waals surface area contributed by atoms with E-state index in [1.807, 2.05) is 0 Å². The van der Waals surface area contributed by atoms with E-state index in [9.17, 15) is 35.9 Å². The lowest BCUT2D eigenvalue weighted by Crippen LogP contribution is -2.69. The van der Waals surface area contributed by atoms with Gasteiger partial charge in [-0.3, -0.25) is 9.59 Å². The largest absolute Gasteiger partial charge is 0.416 e. The van der Waals surface area contributed by atoms with Crippen molar-refractivity contribution >= 4 is 11.8 Å². The zero-order valence-electron chi connectivity index (χ0n) is 18.7. The first-order chi connectivity index (χ1) is 15.5. The Morgan fingerprint density at radius 2 is 1.68 bits per heavy atom. The van der Waals surface area contributed by atoms with Crippen molar-refractivity contribution in [1.82, 2.24) is 10.6 Å².